The van der Waals surface area contributed by atoms with Gasteiger partial charge in [0, 0.05) is 11.1 Å². The lowest BCUT2D eigenvalue weighted by atomic mass is 10.1. The summed E-state index contributed by atoms with van der Waals surface area (Å²) in [5.41, 5.74) is 2.83. The van der Waals surface area contributed by atoms with Gasteiger partial charge in [-0.2, -0.15) is 0 Å². The second-order valence-electron chi connectivity index (χ2n) is 6.71. The van der Waals surface area contributed by atoms with Crippen molar-refractivity contribution in [3.05, 3.63) is 35.4 Å². The summed E-state index contributed by atoms with van der Waals surface area (Å²) in [6, 6.07) is 9.03. The van der Waals surface area contributed by atoms with Crippen molar-refractivity contribution in [1.82, 2.24) is 0 Å². The van der Waals surface area contributed by atoms with Crippen molar-refractivity contribution in [2.45, 2.75) is 13.1 Å². The maximum atomic E-state index is 2.26. The van der Waals surface area contributed by atoms with Gasteiger partial charge >= 0.3 is 0 Å². The summed E-state index contributed by atoms with van der Waals surface area (Å²) in [6.45, 7) is 2.18. The van der Waals surface area contributed by atoms with Crippen LogP contribution in [0.3, 0.4) is 0 Å². The molecule has 2 nitrogen and oxygen atoms in total. The Morgan fingerprint density at radius 3 is 1.00 bits per heavy atom. The van der Waals surface area contributed by atoms with Crippen LogP contribution in [0.25, 0.3) is 0 Å². The zero-order valence-corrected chi connectivity index (χ0v) is 15.5. The standard InChI is InChI=1S/C14H26N2.2BrH/c1-15(2,3)11-13-7-9-14(10-8-13)12-16(4,5)6;;/h7-10H,11-12H2,1-6H3;2*1H/q+2;;/p-2. The predicted molar refractivity (Wildman–Crippen MR) is 69.9 cm³/mol. The van der Waals surface area contributed by atoms with Gasteiger partial charge in [0.05, 0.1) is 42.3 Å². The van der Waals surface area contributed by atoms with Gasteiger partial charge in [-0.25, -0.2) is 0 Å². The van der Waals surface area contributed by atoms with Crippen molar-refractivity contribution in [3.63, 3.8) is 0 Å². The SMILES string of the molecule is C[N+](C)(C)Cc1ccc(C[N+](C)(C)C)cc1.[Br-].[Br-]. The molecule has 0 bridgehead atoms. The molecule has 0 atom stereocenters. The van der Waals surface area contributed by atoms with Gasteiger partial charge in [0.15, 0.2) is 0 Å². The smallest absolute Gasteiger partial charge is 0.104 e. The van der Waals surface area contributed by atoms with E-state index in [-0.39, 0.29) is 34.0 Å². The number of hydrogen-bond donors (Lipinski definition) is 0. The highest BCUT2D eigenvalue weighted by Crippen LogP contribution is 2.11. The second-order valence-corrected chi connectivity index (χ2v) is 6.71. The molecule has 0 aliphatic carbocycles. The van der Waals surface area contributed by atoms with Gasteiger partial charge in [0.1, 0.15) is 13.1 Å². The van der Waals surface area contributed by atoms with E-state index in [0.29, 0.717) is 0 Å². The number of hydrogen-bond acceptors (Lipinski definition) is 0. The van der Waals surface area contributed by atoms with E-state index in [4.69, 9.17) is 0 Å². The second kappa shape index (κ2) is 7.63. The fraction of sp³-hybridized carbons (Fsp3) is 0.571. The lowest BCUT2D eigenvalue weighted by Crippen LogP contribution is -3.00. The summed E-state index contributed by atoms with van der Waals surface area (Å²) < 4.78 is 1.96. The van der Waals surface area contributed by atoms with Crippen LogP contribution in [0.2, 0.25) is 0 Å². The molecule has 0 aliphatic heterocycles. The maximum Gasteiger partial charge on any atom is 0.104 e. The molecule has 1 aromatic rings. The highest BCUT2D eigenvalue weighted by molar-refractivity contribution is 5.21. The summed E-state index contributed by atoms with van der Waals surface area (Å²) in [5, 5.41) is 0. The number of nitrogens with zero attached hydrogens (tertiary/aromatic N) is 2. The molecule has 1 aromatic carbocycles. The first-order chi connectivity index (χ1) is 7.16. The summed E-state index contributed by atoms with van der Waals surface area (Å²) in [5.74, 6) is 0. The van der Waals surface area contributed by atoms with E-state index in [0.717, 1.165) is 22.1 Å². The minimum absolute atomic E-state index is 0. The van der Waals surface area contributed by atoms with Crippen molar-refractivity contribution in [1.29, 1.82) is 0 Å². The van der Waals surface area contributed by atoms with Crippen molar-refractivity contribution in [2.75, 3.05) is 42.3 Å². The molecule has 0 saturated heterocycles. The van der Waals surface area contributed by atoms with Gasteiger partial charge in [-0.3, -0.25) is 0 Å². The average molecular weight is 382 g/mol. The van der Waals surface area contributed by atoms with Gasteiger partial charge in [0.2, 0.25) is 0 Å². The van der Waals surface area contributed by atoms with Crippen molar-refractivity contribution in [2.24, 2.45) is 0 Å². The number of quaternary nitrogens is 2. The Balaban J connectivity index is 0. The van der Waals surface area contributed by atoms with Crippen molar-refractivity contribution >= 4 is 0 Å². The number of benzene rings is 1. The third-order valence-electron chi connectivity index (χ3n) is 2.34. The summed E-state index contributed by atoms with van der Waals surface area (Å²) in [7, 11) is 13.3. The molecule has 18 heavy (non-hydrogen) atoms. The summed E-state index contributed by atoms with van der Waals surface area (Å²) in [6.07, 6.45) is 0. The van der Waals surface area contributed by atoms with Gasteiger partial charge in [-0.1, -0.05) is 24.3 Å². The molecule has 0 aromatic heterocycles. The van der Waals surface area contributed by atoms with E-state index in [1.54, 1.807) is 0 Å². The third-order valence-corrected chi connectivity index (χ3v) is 2.34. The first-order valence-corrected chi connectivity index (χ1v) is 5.84. The highest BCUT2D eigenvalue weighted by Gasteiger charge is 2.10. The summed E-state index contributed by atoms with van der Waals surface area (Å²) in [4.78, 5) is 0. The van der Waals surface area contributed by atoms with Crippen LogP contribution in [0.5, 0.6) is 0 Å². The lowest BCUT2D eigenvalue weighted by molar-refractivity contribution is -0.884. The monoisotopic (exact) mass is 380 g/mol. The van der Waals surface area contributed by atoms with E-state index < -0.39 is 0 Å². The molecule has 4 heteroatoms. The maximum absolute atomic E-state index is 2.26. The molecule has 0 heterocycles. The molecule has 0 aliphatic rings. The minimum Gasteiger partial charge on any atom is -1.00 e. The van der Waals surface area contributed by atoms with E-state index in [1.807, 2.05) is 0 Å². The molecule has 106 valence electrons. The summed E-state index contributed by atoms with van der Waals surface area (Å²) >= 11 is 0. The zero-order valence-electron chi connectivity index (χ0n) is 12.4. The van der Waals surface area contributed by atoms with Crippen LogP contribution in [-0.2, 0) is 13.1 Å². The number of rotatable bonds is 4. The fourth-order valence-corrected chi connectivity index (χ4v) is 1.85. The Morgan fingerprint density at radius 1 is 0.611 bits per heavy atom. The van der Waals surface area contributed by atoms with Crippen LogP contribution in [0.15, 0.2) is 24.3 Å². The van der Waals surface area contributed by atoms with Crippen LogP contribution in [0, 0.1) is 0 Å². The number of halogens is 2. The molecule has 1 rings (SSSR count). The first-order valence-electron chi connectivity index (χ1n) is 5.84. The average Bonchev–Trinajstić information content (AvgIpc) is 2.03. The molecule has 0 unspecified atom stereocenters. The Morgan fingerprint density at radius 2 is 0.833 bits per heavy atom. The van der Waals surface area contributed by atoms with Gasteiger partial charge in [0.25, 0.3) is 0 Å². The van der Waals surface area contributed by atoms with E-state index in [2.05, 4.69) is 66.6 Å². The Kier molecular flexibility index (Phi) is 8.66. The normalized spacial score (nSPS) is 11.4. The predicted octanol–water partition coefficient (Wildman–Crippen LogP) is -3.89. The zero-order chi connectivity index (χ0) is 12.4. The first kappa shape index (κ1) is 20.4. The van der Waals surface area contributed by atoms with Gasteiger partial charge in [-0.15, -0.1) is 0 Å². The lowest BCUT2D eigenvalue weighted by Gasteiger charge is -2.25. The van der Waals surface area contributed by atoms with Crippen LogP contribution in [-0.4, -0.2) is 51.3 Å². The molecule has 0 radical (unpaired) electrons. The van der Waals surface area contributed by atoms with Crippen LogP contribution in [0.1, 0.15) is 11.1 Å². The topological polar surface area (TPSA) is 0 Å². The Hall–Kier alpha value is 0.1000. The molecular formula is C14H26Br2N2. The van der Waals surface area contributed by atoms with Crippen LogP contribution in [0.4, 0.5) is 0 Å². The molecule has 0 spiro atoms. The third kappa shape index (κ3) is 9.09. The molecular weight excluding hydrogens is 356 g/mol. The molecule has 0 saturated carbocycles. The van der Waals surface area contributed by atoms with Crippen LogP contribution >= 0.6 is 0 Å². The molecule has 0 fully saturated rings. The van der Waals surface area contributed by atoms with E-state index >= 15 is 0 Å². The van der Waals surface area contributed by atoms with E-state index in [1.165, 1.54) is 11.1 Å². The van der Waals surface area contributed by atoms with Crippen molar-refractivity contribution < 1.29 is 42.9 Å². The highest BCUT2D eigenvalue weighted by atomic mass is 79.9. The fourth-order valence-electron chi connectivity index (χ4n) is 1.85. The van der Waals surface area contributed by atoms with Crippen LogP contribution < -0.4 is 34.0 Å². The Bertz CT molecular complexity index is 299. The van der Waals surface area contributed by atoms with Gasteiger partial charge < -0.3 is 42.9 Å². The minimum atomic E-state index is 0. The van der Waals surface area contributed by atoms with Crippen molar-refractivity contribution in [3.8, 4) is 0 Å². The molecule has 0 N–H and O–H groups in total. The Labute approximate surface area is 133 Å². The quantitative estimate of drug-likeness (QED) is 0.468. The van der Waals surface area contributed by atoms with E-state index in [9.17, 15) is 0 Å². The van der Waals surface area contributed by atoms with Gasteiger partial charge in [-0.05, 0) is 0 Å². The largest absolute Gasteiger partial charge is 1.00 e. The molecule has 0 amide bonds.